The SMILES string of the molecule is CC(C)C(=O)NCC1CCCN(C(=O)C[C@@H]2CCC[C@H]2N)C1. The first-order valence-corrected chi connectivity index (χ1v) is 8.78. The molecule has 0 spiro atoms. The summed E-state index contributed by atoms with van der Waals surface area (Å²) in [4.78, 5) is 26.1. The zero-order chi connectivity index (χ0) is 16.1. The molecule has 0 aromatic rings. The van der Waals surface area contributed by atoms with Gasteiger partial charge in [-0.3, -0.25) is 9.59 Å². The lowest BCUT2D eigenvalue weighted by Gasteiger charge is -2.34. The third-order valence-corrected chi connectivity index (χ3v) is 5.12. The molecule has 1 aliphatic carbocycles. The second-order valence-corrected chi connectivity index (χ2v) is 7.31. The maximum atomic E-state index is 12.5. The zero-order valence-corrected chi connectivity index (χ0v) is 14.0. The van der Waals surface area contributed by atoms with Crippen LogP contribution in [0.4, 0.5) is 0 Å². The van der Waals surface area contributed by atoms with Crippen LogP contribution >= 0.6 is 0 Å². The fourth-order valence-electron chi connectivity index (χ4n) is 3.58. The van der Waals surface area contributed by atoms with Crippen molar-refractivity contribution in [3.8, 4) is 0 Å². The van der Waals surface area contributed by atoms with E-state index >= 15 is 0 Å². The summed E-state index contributed by atoms with van der Waals surface area (Å²) in [5, 5.41) is 2.99. The van der Waals surface area contributed by atoms with Crippen LogP contribution in [0.25, 0.3) is 0 Å². The highest BCUT2D eigenvalue weighted by Crippen LogP contribution is 2.28. The highest BCUT2D eigenvalue weighted by molar-refractivity contribution is 5.78. The summed E-state index contributed by atoms with van der Waals surface area (Å²) in [6, 6.07) is 0.204. The minimum absolute atomic E-state index is 0.0187. The van der Waals surface area contributed by atoms with Crippen LogP contribution < -0.4 is 11.1 Å². The topological polar surface area (TPSA) is 75.4 Å². The van der Waals surface area contributed by atoms with Gasteiger partial charge in [-0.15, -0.1) is 0 Å². The summed E-state index contributed by atoms with van der Waals surface area (Å²) < 4.78 is 0. The van der Waals surface area contributed by atoms with Gasteiger partial charge in [0, 0.05) is 38.0 Å². The fourth-order valence-corrected chi connectivity index (χ4v) is 3.58. The molecular weight excluding hydrogens is 278 g/mol. The average Bonchev–Trinajstić information content (AvgIpc) is 2.90. The molecule has 2 rings (SSSR count). The van der Waals surface area contributed by atoms with Gasteiger partial charge in [0.25, 0.3) is 0 Å². The molecule has 5 nitrogen and oxygen atoms in total. The number of carbonyl (C=O) groups excluding carboxylic acids is 2. The molecule has 1 saturated heterocycles. The lowest BCUT2D eigenvalue weighted by Crippen LogP contribution is -2.45. The summed E-state index contributed by atoms with van der Waals surface area (Å²) in [5.74, 6) is 1.12. The lowest BCUT2D eigenvalue weighted by molar-refractivity contribution is -0.134. The van der Waals surface area contributed by atoms with Crippen LogP contribution in [0.3, 0.4) is 0 Å². The summed E-state index contributed by atoms with van der Waals surface area (Å²) in [7, 11) is 0. The Hall–Kier alpha value is -1.10. The number of amides is 2. The maximum absolute atomic E-state index is 12.5. The molecule has 3 N–H and O–H groups in total. The number of nitrogens with two attached hydrogens (primary N) is 1. The number of carbonyl (C=O) groups is 2. The number of rotatable bonds is 5. The van der Waals surface area contributed by atoms with Crippen LogP contribution in [0.5, 0.6) is 0 Å². The Morgan fingerprint density at radius 1 is 1.23 bits per heavy atom. The van der Waals surface area contributed by atoms with Gasteiger partial charge in [-0.1, -0.05) is 20.3 Å². The van der Waals surface area contributed by atoms with E-state index in [-0.39, 0.29) is 23.8 Å². The maximum Gasteiger partial charge on any atom is 0.222 e. The molecule has 0 bridgehead atoms. The number of nitrogens with zero attached hydrogens (tertiary/aromatic N) is 1. The molecule has 1 aliphatic heterocycles. The van der Waals surface area contributed by atoms with Crippen LogP contribution in [0, 0.1) is 17.8 Å². The van der Waals surface area contributed by atoms with Crippen molar-refractivity contribution in [1.29, 1.82) is 0 Å². The van der Waals surface area contributed by atoms with E-state index in [9.17, 15) is 9.59 Å². The molecule has 2 aliphatic rings. The molecule has 0 aromatic carbocycles. The predicted octanol–water partition coefficient (Wildman–Crippen LogP) is 1.51. The molecule has 3 atom stereocenters. The first kappa shape index (κ1) is 17.3. The van der Waals surface area contributed by atoms with E-state index in [1.165, 1.54) is 0 Å². The van der Waals surface area contributed by atoms with E-state index in [1.54, 1.807) is 0 Å². The Kier molecular flexibility index (Phi) is 6.24. The van der Waals surface area contributed by atoms with Crippen molar-refractivity contribution in [2.45, 2.75) is 58.4 Å². The molecule has 1 heterocycles. The van der Waals surface area contributed by atoms with Gasteiger partial charge in [0.1, 0.15) is 0 Å². The monoisotopic (exact) mass is 309 g/mol. The van der Waals surface area contributed by atoms with Gasteiger partial charge >= 0.3 is 0 Å². The van der Waals surface area contributed by atoms with Gasteiger partial charge in [-0.25, -0.2) is 0 Å². The van der Waals surface area contributed by atoms with E-state index in [2.05, 4.69) is 5.32 Å². The number of likely N-dealkylation sites (tertiary alicyclic amines) is 1. The zero-order valence-electron chi connectivity index (χ0n) is 14.0. The van der Waals surface area contributed by atoms with Crippen molar-refractivity contribution in [3.05, 3.63) is 0 Å². The smallest absolute Gasteiger partial charge is 0.222 e. The van der Waals surface area contributed by atoms with Gasteiger partial charge in [0.05, 0.1) is 0 Å². The van der Waals surface area contributed by atoms with Crippen molar-refractivity contribution in [2.24, 2.45) is 23.5 Å². The first-order chi connectivity index (χ1) is 10.5. The Bertz CT molecular complexity index is 397. The normalized spacial score (nSPS) is 28.9. The van der Waals surface area contributed by atoms with Crippen LogP contribution in [0.1, 0.15) is 52.4 Å². The van der Waals surface area contributed by atoms with Crippen LogP contribution in [-0.4, -0.2) is 42.4 Å². The van der Waals surface area contributed by atoms with Gasteiger partial charge in [0.15, 0.2) is 0 Å². The van der Waals surface area contributed by atoms with E-state index in [0.29, 0.717) is 24.8 Å². The van der Waals surface area contributed by atoms with Crippen molar-refractivity contribution in [3.63, 3.8) is 0 Å². The fraction of sp³-hybridized carbons (Fsp3) is 0.882. The molecule has 1 saturated carbocycles. The summed E-state index contributed by atoms with van der Waals surface area (Å²) in [6.45, 7) is 6.12. The van der Waals surface area contributed by atoms with Crippen LogP contribution in [-0.2, 0) is 9.59 Å². The largest absolute Gasteiger partial charge is 0.356 e. The molecule has 0 aromatic heterocycles. The average molecular weight is 309 g/mol. The standard InChI is InChI=1S/C17H31N3O2/c1-12(2)17(22)19-10-13-5-4-8-20(11-13)16(21)9-14-6-3-7-15(14)18/h12-15H,3-11,18H2,1-2H3,(H,19,22)/t13?,14-,15+/m0/s1. The Balaban J connectivity index is 1.77. The molecular formula is C17H31N3O2. The molecule has 126 valence electrons. The van der Waals surface area contributed by atoms with E-state index in [0.717, 1.165) is 45.2 Å². The predicted molar refractivity (Wildman–Crippen MR) is 87.1 cm³/mol. The van der Waals surface area contributed by atoms with Gasteiger partial charge in [-0.05, 0) is 37.5 Å². The van der Waals surface area contributed by atoms with Crippen molar-refractivity contribution in [1.82, 2.24) is 10.2 Å². The molecule has 5 heteroatoms. The Morgan fingerprint density at radius 3 is 2.64 bits per heavy atom. The Labute approximate surface area is 134 Å². The summed E-state index contributed by atoms with van der Waals surface area (Å²) in [6.07, 6.45) is 6.03. The van der Waals surface area contributed by atoms with Crippen LogP contribution in [0.15, 0.2) is 0 Å². The summed E-state index contributed by atoms with van der Waals surface area (Å²) >= 11 is 0. The molecule has 0 radical (unpaired) electrons. The third-order valence-electron chi connectivity index (χ3n) is 5.12. The number of piperidine rings is 1. The minimum Gasteiger partial charge on any atom is -0.356 e. The van der Waals surface area contributed by atoms with E-state index < -0.39 is 0 Å². The van der Waals surface area contributed by atoms with Gasteiger partial charge in [0.2, 0.25) is 11.8 Å². The van der Waals surface area contributed by atoms with Gasteiger partial charge < -0.3 is 16.0 Å². The Morgan fingerprint density at radius 2 is 2.00 bits per heavy atom. The first-order valence-electron chi connectivity index (χ1n) is 8.78. The second-order valence-electron chi connectivity index (χ2n) is 7.31. The molecule has 2 amide bonds. The third kappa shape index (κ3) is 4.70. The second kappa shape index (κ2) is 7.95. The minimum atomic E-state index is 0.0187. The number of hydrogen-bond acceptors (Lipinski definition) is 3. The lowest BCUT2D eigenvalue weighted by atomic mass is 9.95. The van der Waals surface area contributed by atoms with Crippen molar-refractivity contribution >= 4 is 11.8 Å². The quantitative estimate of drug-likeness (QED) is 0.808. The van der Waals surface area contributed by atoms with E-state index in [1.807, 2.05) is 18.7 Å². The summed E-state index contributed by atoms with van der Waals surface area (Å²) in [5.41, 5.74) is 6.08. The highest BCUT2D eigenvalue weighted by Gasteiger charge is 2.30. The molecule has 2 fully saturated rings. The molecule has 1 unspecified atom stereocenters. The van der Waals surface area contributed by atoms with Crippen molar-refractivity contribution < 1.29 is 9.59 Å². The van der Waals surface area contributed by atoms with Crippen LogP contribution in [0.2, 0.25) is 0 Å². The van der Waals surface area contributed by atoms with Gasteiger partial charge in [-0.2, -0.15) is 0 Å². The van der Waals surface area contributed by atoms with E-state index in [4.69, 9.17) is 5.73 Å². The van der Waals surface area contributed by atoms with Crippen molar-refractivity contribution in [2.75, 3.05) is 19.6 Å². The number of nitrogens with one attached hydrogen (secondary N) is 1. The number of hydrogen-bond donors (Lipinski definition) is 2. The highest BCUT2D eigenvalue weighted by atomic mass is 16.2. The molecule has 22 heavy (non-hydrogen) atoms.